The summed E-state index contributed by atoms with van der Waals surface area (Å²) in [6.07, 6.45) is 0. The van der Waals surface area contributed by atoms with Crippen LogP contribution in [0.15, 0.2) is 34.7 Å². The van der Waals surface area contributed by atoms with Crippen LogP contribution < -0.4 is 10.1 Å². The maximum absolute atomic E-state index is 11.8. The van der Waals surface area contributed by atoms with Gasteiger partial charge in [-0.05, 0) is 42.8 Å². The number of amides is 1. The SMILES string of the molecule is COCCNC(=O)c1ccc(COc2ccc(Cl)cc2C)o1. The van der Waals surface area contributed by atoms with Crippen LogP contribution in [0.3, 0.4) is 0 Å². The number of rotatable bonds is 7. The number of halogens is 1. The third-order valence-electron chi connectivity index (χ3n) is 2.98. The fourth-order valence-electron chi connectivity index (χ4n) is 1.85. The monoisotopic (exact) mass is 323 g/mol. The van der Waals surface area contributed by atoms with Crippen molar-refractivity contribution < 1.29 is 18.7 Å². The predicted octanol–water partition coefficient (Wildman–Crippen LogP) is 3.20. The van der Waals surface area contributed by atoms with Crippen LogP contribution in [0.5, 0.6) is 5.75 Å². The van der Waals surface area contributed by atoms with Crippen molar-refractivity contribution in [3.8, 4) is 5.75 Å². The van der Waals surface area contributed by atoms with Crippen LogP contribution in [0, 0.1) is 6.92 Å². The highest BCUT2D eigenvalue weighted by Gasteiger charge is 2.11. The van der Waals surface area contributed by atoms with Crippen molar-refractivity contribution in [1.82, 2.24) is 5.32 Å². The molecule has 1 aromatic carbocycles. The first-order chi connectivity index (χ1) is 10.6. The zero-order valence-corrected chi connectivity index (χ0v) is 13.3. The Kier molecular flexibility index (Phi) is 5.86. The van der Waals surface area contributed by atoms with Gasteiger partial charge >= 0.3 is 0 Å². The molecule has 0 saturated carbocycles. The van der Waals surface area contributed by atoms with E-state index in [1.54, 1.807) is 31.4 Å². The minimum Gasteiger partial charge on any atom is -0.485 e. The molecule has 0 saturated heterocycles. The van der Waals surface area contributed by atoms with Crippen LogP contribution in [-0.4, -0.2) is 26.2 Å². The van der Waals surface area contributed by atoms with Crippen molar-refractivity contribution >= 4 is 17.5 Å². The van der Waals surface area contributed by atoms with E-state index in [1.807, 2.05) is 13.0 Å². The average Bonchev–Trinajstić information content (AvgIpc) is 2.95. The lowest BCUT2D eigenvalue weighted by Gasteiger charge is -2.07. The van der Waals surface area contributed by atoms with Gasteiger partial charge in [0, 0.05) is 18.7 Å². The van der Waals surface area contributed by atoms with Crippen molar-refractivity contribution in [2.24, 2.45) is 0 Å². The van der Waals surface area contributed by atoms with Crippen LogP contribution in [0.25, 0.3) is 0 Å². The molecule has 5 nitrogen and oxygen atoms in total. The molecule has 0 bridgehead atoms. The molecule has 0 fully saturated rings. The Morgan fingerprint density at radius 2 is 2.14 bits per heavy atom. The number of ether oxygens (including phenoxy) is 2. The molecule has 6 heteroatoms. The summed E-state index contributed by atoms with van der Waals surface area (Å²) in [6.45, 7) is 3.05. The summed E-state index contributed by atoms with van der Waals surface area (Å²) >= 11 is 5.90. The Labute approximate surface area is 134 Å². The molecule has 22 heavy (non-hydrogen) atoms. The highest BCUT2D eigenvalue weighted by atomic mass is 35.5. The van der Waals surface area contributed by atoms with Crippen LogP contribution in [-0.2, 0) is 11.3 Å². The molecule has 1 amide bonds. The van der Waals surface area contributed by atoms with Gasteiger partial charge in [0.1, 0.15) is 18.1 Å². The Bertz CT molecular complexity index is 639. The first-order valence-electron chi connectivity index (χ1n) is 6.85. The third kappa shape index (κ3) is 4.51. The molecule has 0 aliphatic carbocycles. The van der Waals surface area contributed by atoms with Gasteiger partial charge in [0.25, 0.3) is 5.91 Å². The number of aryl methyl sites for hydroxylation is 1. The maximum atomic E-state index is 11.8. The van der Waals surface area contributed by atoms with Gasteiger partial charge < -0.3 is 19.2 Å². The molecule has 2 aromatic rings. The summed E-state index contributed by atoms with van der Waals surface area (Å²) in [5, 5.41) is 3.35. The Hall–Kier alpha value is -1.98. The molecule has 0 atom stereocenters. The fourth-order valence-corrected chi connectivity index (χ4v) is 2.08. The Morgan fingerprint density at radius 3 is 2.86 bits per heavy atom. The molecule has 1 aromatic heterocycles. The van der Waals surface area contributed by atoms with Gasteiger partial charge in [0.05, 0.1) is 6.61 Å². The normalized spacial score (nSPS) is 10.5. The van der Waals surface area contributed by atoms with E-state index in [1.165, 1.54) is 0 Å². The van der Waals surface area contributed by atoms with Crippen LogP contribution in [0.4, 0.5) is 0 Å². The van der Waals surface area contributed by atoms with Crippen molar-refractivity contribution in [3.05, 3.63) is 52.4 Å². The van der Waals surface area contributed by atoms with Gasteiger partial charge in [0.15, 0.2) is 5.76 Å². The first kappa shape index (κ1) is 16.4. The Balaban J connectivity index is 1.90. The van der Waals surface area contributed by atoms with Crippen molar-refractivity contribution in [1.29, 1.82) is 0 Å². The lowest BCUT2D eigenvalue weighted by Crippen LogP contribution is -2.26. The minimum absolute atomic E-state index is 0.244. The van der Waals surface area contributed by atoms with E-state index in [9.17, 15) is 4.79 Å². The summed E-state index contributed by atoms with van der Waals surface area (Å²) in [4.78, 5) is 11.8. The highest BCUT2D eigenvalue weighted by molar-refractivity contribution is 6.30. The van der Waals surface area contributed by atoms with Crippen LogP contribution in [0.2, 0.25) is 5.02 Å². The molecular formula is C16H18ClNO4. The smallest absolute Gasteiger partial charge is 0.287 e. The van der Waals surface area contributed by atoms with Gasteiger partial charge in [-0.2, -0.15) is 0 Å². The van der Waals surface area contributed by atoms with E-state index in [-0.39, 0.29) is 18.3 Å². The molecule has 0 unspecified atom stereocenters. The zero-order chi connectivity index (χ0) is 15.9. The van der Waals surface area contributed by atoms with E-state index in [0.717, 1.165) is 11.3 Å². The van der Waals surface area contributed by atoms with Crippen molar-refractivity contribution in [3.63, 3.8) is 0 Å². The number of carbonyl (C=O) groups excluding carboxylic acids is 1. The molecule has 0 radical (unpaired) electrons. The van der Waals surface area contributed by atoms with Gasteiger partial charge in [-0.15, -0.1) is 0 Å². The molecule has 118 valence electrons. The highest BCUT2D eigenvalue weighted by Crippen LogP contribution is 2.23. The number of furan rings is 1. The number of benzene rings is 1. The summed E-state index contributed by atoms with van der Waals surface area (Å²) in [7, 11) is 1.58. The van der Waals surface area contributed by atoms with Gasteiger partial charge in [-0.25, -0.2) is 0 Å². The first-order valence-corrected chi connectivity index (χ1v) is 7.22. The fraction of sp³-hybridized carbons (Fsp3) is 0.312. The van der Waals surface area contributed by atoms with E-state index in [2.05, 4.69) is 5.32 Å². The summed E-state index contributed by atoms with van der Waals surface area (Å²) < 4.78 is 16.0. The molecule has 1 heterocycles. The van der Waals surface area contributed by atoms with Crippen molar-refractivity contribution in [2.45, 2.75) is 13.5 Å². The summed E-state index contributed by atoms with van der Waals surface area (Å²) in [6, 6.07) is 8.74. The molecule has 0 spiro atoms. The maximum Gasteiger partial charge on any atom is 0.287 e. The number of nitrogens with one attached hydrogen (secondary N) is 1. The number of carbonyl (C=O) groups is 1. The molecular weight excluding hydrogens is 306 g/mol. The molecule has 0 aliphatic rings. The standard InChI is InChI=1S/C16H18ClNO4/c1-11-9-12(17)3-5-14(11)21-10-13-4-6-15(22-13)16(19)18-7-8-20-2/h3-6,9H,7-8,10H2,1-2H3,(H,18,19). The average molecular weight is 324 g/mol. The second-order valence-electron chi connectivity index (χ2n) is 4.71. The topological polar surface area (TPSA) is 60.7 Å². The quantitative estimate of drug-likeness (QED) is 0.795. The van der Waals surface area contributed by atoms with Crippen LogP contribution in [0.1, 0.15) is 21.9 Å². The van der Waals surface area contributed by atoms with E-state index in [0.29, 0.717) is 23.9 Å². The predicted molar refractivity (Wildman–Crippen MR) is 83.4 cm³/mol. The number of hydrogen-bond acceptors (Lipinski definition) is 4. The second kappa shape index (κ2) is 7.87. The lowest BCUT2D eigenvalue weighted by atomic mass is 10.2. The molecule has 0 aliphatic heterocycles. The van der Waals surface area contributed by atoms with E-state index in [4.69, 9.17) is 25.5 Å². The molecule has 1 N–H and O–H groups in total. The van der Waals surface area contributed by atoms with Gasteiger partial charge in [-0.3, -0.25) is 4.79 Å². The second-order valence-corrected chi connectivity index (χ2v) is 5.15. The van der Waals surface area contributed by atoms with Gasteiger partial charge in [0.2, 0.25) is 0 Å². The van der Waals surface area contributed by atoms with E-state index >= 15 is 0 Å². The van der Waals surface area contributed by atoms with Gasteiger partial charge in [-0.1, -0.05) is 11.6 Å². The number of methoxy groups -OCH3 is 1. The summed E-state index contributed by atoms with van der Waals surface area (Å²) in [5.74, 6) is 1.28. The van der Waals surface area contributed by atoms with Crippen molar-refractivity contribution in [2.75, 3.05) is 20.3 Å². The zero-order valence-electron chi connectivity index (χ0n) is 12.5. The largest absolute Gasteiger partial charge is 0.485 e. The minimum atomic E-state index is -0.272. The lowest BCUT2D eigenvalue weighted by molar-refractivity contribution is 0.0905. The number of hydrogen-bond donors (Lipinski definition) is 1. The Morgan fingerprint density at radius 1 is 1.32 bits per heavy atom. The molecule has 2 rings (SSSR count). The van der Waals surface area contributed by atoms with E-state index < -0.39 is 0 Å². The third-order valence-corrected chi connectivity index (χ3v) is 3.22. The summed E-state index contributed by atoms with van der Waals surface area (Å²) in [5.41, 5.74) is 0.941. The van der Waals surface area contributed by atoms with Crippen LogP contribution >= 0.6 is 11.6 Å².